The van der Waals surface area contributed by atoms with Gasteiger partial charge in [-0.15, -0.1) is 11.3 Å². The summed E-state index contributed by atoms with van der Waals surface area (Å²) in [6.07, 6.45) is 6.56. The van der Waals surface area contributed by atoms with Crippen molar-refractivity contribution in [1.29, 1.82) is 0 Å². The molecule has 7 heteroatoms. The number of amides is 2. The molecule has 0 radical (unpaired) electrons. The van der Waals surface area contributed by atoms with Crippen molar-refractivity contribution in [3.63, 3.8) is 0 Å². The Hall–Kier alpha value is -3.09. The lowest BCUT2D eigenvalue weighted by Gasteiger charge is -2.31. The fourth-order valence-electron chi connectivity index (χ4n) is 5.14. The second-order valence-electron chi connectivity index (χ2n) is 8.82. The highest BCUT2D eigenvalue weighted by Crippen LogP contribution is 2.44. The molecule has 34 heavy (non-hydrogen) atoms. The van der Waals surface area contributed by atoms with Gasteiger partial charge in [-0.05, 0) is 85.3 Å². The van der Waals surface area contributed by atoms with Gasteiger partial charge in [-0.3, -0.25) is 0 Å². The molecule has 4 nitrogen and oxygen atoms in total. The zero-order chi connectivity index (χ0) is 23.2. The van der Waals surface area contributed by atoms with Gasteiger partial charge in [-0.25, -0.2) is 9.18 Å². The molecule has 2 amide bonds. The number of aromatic nitrogens is 1. The van der Waals surface area contributed by atoms with Gasteiger partial charge in [0.1, 0.15) is 10.8 Å². The second-order valence-corrected chi connectivity index (χ2v) is 10.3. The van der Waals surface area contributed by atoms with Crippen molar-refractivity contribution < 1.29 is 9.18 Å². The van der Waals surface area contributed by atoms with Crippen LogP contribution in [0.2, 0.25) is 5.02 Å². The van der Waals surface area contributed by atoms with Crippen LogP contribution in [0.5, 0.6) is 0 Å². The Morgan fingerprint density at radius 2 is 1.85 bits per heavy atom. The number of halogens is 2. The third kappa shape index (κ3) is 3.71. The number of hydrogen-bond acceptors (Lipinski definition) is 2. The number of nitrogens with one attached hydrogen (secondary N) is 1. The zero-order valence-electron chi connectivity index (χ0n) is 18.4. The van der Waals surface area contributed by atoms with E-state index in [1.807, 2.05) is 34.4 Å². The number of fused-ring (bicyclic) bond motifs is 5. The molecule has 1 unspecified atom stereocenters. The first-order valence-electron chi connectivity index (χ1n) is 11.5. The maximum atomic E-state index is 14.3. The van der Waals surface area contributed by atoms with Crippen LogP contribution in [0.15, 0.2) is 66.9 Å². The zero-order valence-corrected chi connectivity index (χ0v) is 20.0. The van der Waals surface area contributed by atoms with Gasteiger partial charge in [0, 0.05) is 27.3 Å². The average Bonchev–Trinajstić information content (AvgIpc) is 3.42. The minimum atomic E-state index is -0.433. The Morgan fingerprint density at radius 1 is 1.03 bits per heavy atom. The minimum Gasteiger partial charge on any atom is -0.310 e. The average molecular weight is 492 g/mol. The Bertz CT molecular complexity index is 1380. The molecule has 0 spiro atoms. The normalized spacial score (nSPS) is 16.9. The standard InChI is InChI=1S/C27H23ClFN3OS/c28-18-10-12-20(13-11-18)30-27(33)32-16-22-21-7-1-2-9-24(21)34-26(22)31-14-4-8-23(31)25(32)17-5-3-6-19(29)15-17/h3-6,8,10-15,25H,1-2,7,9,16H2,(H,30,33). The van der Waals surface area contributed by atoms with Crippen LogP contribution in [0.25, 0.3) is 5.00 Å². The van der Waals surface area contributed by atoms with Gasteiger partial charge in [0.05, 0.1) is 18.3 Å². The maximum absolute atomic E-state index is 14.3. The largest absolute Gasteiger partial charge is 0.322 e. The third-order valence-corrected chi connectivity index (χ3v) is 8.29. The molecule has 1 N–H and O–H groups in total. The van der Waals surface area contributed by atoms with Crippen LogP contribution >= 0.6 is 22.9 Å². The molecule has 2 aromatic heterocycles. The van der Waals surface area contributed by atoms with Crippen molar-refractivity contribution in [2.24, 2.45) is 0 Å². The van der Waals surface area contributed by atoms with E-state index in [1.165, 1.54) is 46.0 Å². The van der Waals surface area contributed by atoms with E-state index >= 15 is 0 Å². The smallest absolute Gasteiger partial charge is 0.310 e. The van der Waals surface area contributed by atoms with Crippen molar-refractivity contribution in [3.8, 4) is 5.00 Å². The highest BCUT2D eigenvalue weighted by atomic mass is 35.5. The van der Waals surface area contributed by atoms with Crippen molar-refractivity contribution in [2.75, 3.05) is 5.32 Å². The summed E-state index contributed by atoms with van der Waals surface area (Å²) in [6, 6.07) is 17.0. The van der Waals surface area contributed by atoms with Crippen LogP contribution in [0, 0.1) is 5.82 Å². The molecule has 6 rings (SSSR count). The molecule has 1 atom stereocenters. The van der Waals surface area contributed by atoms with E-state index in [9.17, 15) is 9.18 Å². The predicted octanol–water partition coefficient (Wildman–Crippen LogP) is 7.35. The third-order valence-electron chi connectivity index (χ3n) is 6.70. The minimum absolute atomic E-state index is 0.229. The maximum Gasteiger partial charge on any atom is 0.322 e. The van der Waals surface area contributed by atoms with Gasteiger partial charge in [0.15, 0.2) is 0 Å². The molecule has 0 saturated heterocycles. The topological polar surface area (TPSA) is 37.3 Å². The number of rotatable bonds is 2. The molecule has 3 heterocycles. The number of urea groups is 1. The van der Waals surface area contributed by atoms with Crippen LogP contribution in [0.4, 0.5) is 14.9 Å². The van der Waals surface area contributed by atoms with Crippen molar-refractivity contribution in [1.82, 2.24) is 9.47 Å². The number of thiophene rings is 1. The lowest BCUT2D eigenvalue weighted by atomic mass is 9.95. The highest BCUT2D eigenvalue weighted by Gasteiger charge is 2.36. The summed E-state index contributed by atoms with van der Waals surface area (Å²) < 4.78 is 16.5. The highest BCUT2D eigenvalue weighted by molar-refractivity contribution is 7.15. The molecule has 172 valence electrons. The lowest BCUT2D eigenvalue weighted by Crippen LogP contribution is -2.38. The van der Waals surface area contributed by atoms with E-state index in [4.69, 9.17) is 11.6 Å². The first-order valence-corrected chi connectivity index (χ1v) is 12.7. The van der Waals surface area contributed by atoms with Crippen molar-refractivity contribution in [3.05, 3.63) is 105 Å². The number of nitrogens with zero attached hydrogens (tertiary/aromatic N) is 2. The molecule has 1 aliphatic carbocycles. The van der Waals surface area contributed by atoms with Gasteiger partial charge in [0.25, 0.3) is 0 Å². The van der Waals surface area contributed by atoms with Gasteiger partial charge in [0.2, 0.25) is 0 Å². The van der Waals surface area contributed by atoms with E-state index in [-0.39, 0.29) is 11.8 Å². The number of hydrogen-bond donors (Lipinski definition) is 1. The van der Waals surface area contributed by atoms with Crippen LogP contribution < -0.4 is 5.32 Å². The van der Waals surface area contributed by atoms with Crippen LogP contribution in [0.1, 0.15) is 46.1 Å². The molecule has 0 fully saturated rings. The Morgan fingerprint density at radius 3 is 2.68 bits per heavy atom. The van der Waals surface area contributed by atoms with E-state index in [0.717, 1.165) is 24.1 Å². The summed E-state index contributed by atoms with van der Waals surface area (Å²) in [7, 11) is 0. The van der Waals surface area contributed by atoms with E-state index in [2.05, 4.69) is 16.1 Å². The quantitative estimate of drug-likeness (QED) is 0.313. The monoisotopic (exact) mass is 491 g/mol. The SMILES string of the molecule is O=C(Nc1ccc(Cl)cc1)N1Cc2c(sc3c2CCCC3)-n2cccc2C1c1cccc(F)c1. The first kappa shape index (κ1) is 21.4. The second kappa shape index (κ2) is 8.60. The summed E-state index contributed by atoms with van der Waals surface area (Å²) in [5, 5.41) is 4.82. The molecule has 4 aromatic rings. The van der Waals surface area contributed by atoms with Crippen molar-refractivity contribution >= 4 is 34.7 Å². The Kier molecular flexibility index (Phi) is 5.42. The molecule has 1 aliphatic heterocycles. The van der Waals surface area contributed by atoms with Crippen LogP contribution in [0.3, 0.4) is 0 Å². The molecule has 0 saturated carbocycles. The fraction of sp³-hybridized carbons (Fsp3) is 0.222. The first-order chi connectivity index (χ1) is 16.6. The van der Waals surface area contributed by atoms with Gasteiger partial charge in [-0.2, -0.15) is 0 Å². The number of anilines is 1. The lowest BCUT2D eigenvalue weighted by molar-refractivity contribution is 0.194. The van der Waals surface area contributed by atoms with Gasteiger partial charge < -0.3 is 14.8 Å². The number of aryl methyl sites for hydroxylation is 1. The summed E-state index contributed by atoms with van der Waals surface area (Å²) >= 11 is 7.87. The number of carbonyl (C=O) groups is 1. The number of benzene rings is 2. The summed E-state index contributed by atoms with van der Waals surface area (Å²) in [5.41, 5.74) is 4.96. The molecule has 2 aromatic carbocycles. The van der Waals surface area contributed by atoms with E-state index in [1.54, 1.807) is 30.3 Å². The van der Waals surface area contributed by atoms with E-state index in [0.29, 0.717) is 17.3 Å². The predicted molar refractivity (Wildman–Crippen MR) is 135 cm³/mol. The summed E-state index contributed by atoms with van der Waals surface area (Å²) in [5.74, 6) is -0.315. The number of carbonyl (C=O) groups excluding carboxylic acids is 1. The molecule has 2 aliphatic rings. The Balaban J connectivity index is 1.50. The molecular formula is C27H23ClFN3OS. The molecular weight excluding hydrogens is 469 g/mol. The van der Waals surface area contributed by atoms with Crippen LogP contribution in [-0.4, -0.2) is 15.5 Å². The van der Waals surface area contributed by atoms with Gasteiger partial charge >= 0.3 is 6.03 Å². The van der Waals surface area contributed by atoms with Crippen LogP contribution in [-0.2, 0) is 19.4 Å². The van der Waals surface area contributed by atoms with E-state index < -0.39 is 6.04 Å². The van der Waals surface area contributed by atoms with Gasteiger partial charge in [-0.1, -0.05) is 23.7 Å². The fourth-order valence-corrected chi connectivity index (χ4v) is 6.67. The molecule has 0 bridgehead atoms. The Labute approximate surface area is 206 Å². The summed E-state index contributed by atoms with van der Waals surface area (Å²) in [6.45, 7) is 0.462. The van der Waals surface area contributed by atoms with Crippen molar-refractivity contribution in [2.45, 2.75) is 38.3 Å². The summed E-state index contributed by atoms with van der Waals surface area (Å²) in [4.78, 5) is 17.1.